The molecule has 0 N–H and O–H groups in total. The first-order valence-electron chi connectivity index (χ1n) is 4.46. The molecule has 12 heavy (non-hydrogen) atoms. The summed E-state index contributed by atoms with van der Waals surface area (Å²) in [5.41, 5.74) is 1.70. The molecule has 0 atom stereocenters. The Morgan fingerprint density at radius 3 is 2.83 bits per heavy atom. The first kappa shape index (κ1) is 6.53. The van der Waals surface area contributed by atoms with Gasteiger partial charge >= 0.3 is 0 Å². The highest BCUT2D eigenvalue weighted by Crippen LogP contribution is 2.53. The Kier molecular flexibility index (Phi) is 1.11. The zero-order valence-corrected chi connectivity index (χ0v) is 6.92. The lowest BCUT2D eigenvalue weighted by Crippen LogP contribution is -2.19. The molecular formula is C11H11O. The third kappa shape index (κ3) is 0.857. The average molecular weight is 159 g/mol. The summed E-state index contributed by atoms with van der Waals surface area (Å²) in [5.74, 6) is 1.05. The molecule has 1 aliphatic heterocycles. The predicted molar refractivity (Wildman–Crippen MR) is 47.0 cm³/mol. The van der Waals surface area contributed by atoms with Crippen molar-refractivity contribution >= 4 is 0 Å². The Bertz CT molecular complexity index is 313. The second-order valence-corrected chi connectivity index (χ2v) is 3.83. The number of benzene rings is 1. The molecule has 1 radical (unpaired) electrons. The largest absolute Gasteiger partial charge is 0.493 e. The molecule has 61 valence electrons. The predicted octanol–water partition coefficient (Wildman–Crippen LogP) is 2.41. The van der Waals surface area contributed by atoms with Crippen LogP contribution in [-0.2, 0) is 0 Å². The number of hydrogen-bond acceptors (Lipinski definition) is 1. The van der Waals surface area contributed by atoms with Gasteiger partial charge in [0.2, 0.25) is 0 Å². The van der Waals surface area contributed by atoms with E-state index in [4.69, 9.17) is 4.74 Å². The van der Waals surface area contributed by atoms with E-state index in [1.165, 1.54) is 18.4 Å². The van der Waals surface area contributed by atoms with Crippen LogP contribution in [-0.4, -0.2) is 6.61 Å². The maximum Gasteiger partial charge on any atom is 0.122 e. The standard InChI is InChI=1S/C11H11O/c1-2-4-10-9(3-1)7-11(5-6-11)8-12-10/h1-4,7H,5-6,8H2. The van der Waals surface area contributed by atoms with Crippen LogP contribution in [0.3, 0.4) is 0 Å². The van der Waals surface area contributed by atoms with Gasteiger partial charge in [0.25, 0.3) is 0 Å². The summed E-state index contributed by atoms with van der Waals surface area (Å²) >= 11 is 0. The maximum absolute atomic E-state index is 5.67. The lowest BCUT2D eigenvalue weighted by molar-refractivity contribution is 0.238. The Balaban J connectivity index is 2.01. The molecule has 1 aromatic carbocycles. The van der Waals surface area contributed by atoms with Gasteiger partial charge < -0.3 is 4.74 Å². The monoisotopic (exact) mass is 159 g/mol. The van der Waals surface area contributed by atoms with Crippen molar-refractivity contribution in [2.45, 2.75) is 12.8 Å². The molecule has 0 aromatic heterocycles. The summed E-state index contributed by atoms with van der Waals surface area (Å²) in [6.45, 7) is 0.893. The van der Waals surface area contributed by atoms with Crippen molar-refractivity contribution in [2.75, 3.05) is 6.61 Å². The topological polar surface area (TPSA) is 9.23 Å². The molecule has 1 aliphatic carbocycles. The number of ether oxygens (including phenoxy) is 1. The van der Waals surface area contributed by atoms with Crippen LogP contribution in [0.25, 0.3) is 0 Å². The van der Waals surface area contributed by atoms with Crippen LogP contribution in [0.1, 0.15) is 18.4 Å². The van der Waals surface area contributed by atoms with Crippen LogP contribution in [0.4, 0.5) is 0 Å². The molecule has 0 saturated heterocycles. The van der Waals surface area contributed by atoms with Gasteiger partial charge in [0.15, 0.2) is 0 Å². The molecule has 1 heterocycles. The fourth-order valence-corrected chi connectivity index (χ4v) is 1.77. The highest BCUT2D eigenvalue weighted by molar-refractivity contribution is 5.43. The van der Waals surface area contributed by atoms with Gasteiger partial charge in [-0.15, -0.1) is 0 Å². The molecule has 1 spiro atoms. The zero-order valence-electron chi connectivity index (χ0n) is 6.92. The van der Waals surface area contributed by atoms with E-state index in [9.17, 15) is 0 Å². The summed E-state index contributed by atoms with van der Waals surface area (Å²) in [6, 6.07) is 8.27. The first-order valence-corrected chi connectivity index (χ1v) is 4.46. The van der Waals surface area contributed by atoms with Crippen molar-refractivity contribution in [1.82, 2.24) is 0 Å². The summed E-state index contributed by atoms with van der Waals surface area (Å²) in [5, 5.41) is 0. The smallest absolute Gasteiger partial charge is 0.122 e. The van der Waals surface area contributed by atoms with Gasteiger partial charge in [0, 0.05) is 11.8 Å². The van der Waals surface area contributed by atoms with E-state index in [-0.39, 0.29) is 0 Å². The number of para-hydroxylation sites is 1. The van der Waals surface area contributed by atoms with Crippen LogP contribution < -0.4 is 4.74 Å². The highest BCUT2D eigenvalue weighted by Gasteiger charge is 2.46. The lowest BCUT2D eigenvalue weighted by Gasteiger charge is -2.24. The van der Waals surface area contributed by atoms with Crippen LogP contribution in [0.15, 0.2) is 24.3 Å². The Morgan fingerprint density at radius 1 is 1.17 bits per heavy atom. The van der Waals surface area contributed by atoms with Gasteiger partial charge in [-0.05, 0) is 24.5 Å². The first-order chi connectivity index (χ1) is 5.88. The van der Waals surface area contributed by atoms with E-state index >= 15 is 0 Å². The molecule has 0 amide bonds. The van der Waals surface area contributed by atoms with Crippen molar-refractivity contribution < 1.29 is 4.74 Å². The van der Waals surface area contributed by atoms with Crippen molar-refractivity contribution in [2.24, 2.45) is 5.41 Å². The molecular weight excluding hydrogens is 148 g/mol. The summed E-state index contributed by atoms with van der Waals surface area (Å²) in [7, 11) is 0. The van der Waals surface area contributed by atoms with Crippen molar-refractivity contribution in [3.63, 3.8) is 0 Å². The SMILES string of the molecule is [CH]1c2ccccc2OCC12CC2. The molecule has 1 saturated carbocycles. The maximum atomic E-state index is 5.67. The fourth-order valence-electron chi connectivity index (χ4n) is 1.77. The highest BCUT2D eigenvalue weighted by atomic mass is 16.5. The van der Waals surface area contributed by atoms with Gasteiger partial charge in [-0.1, -0.05) is 18.2 Å². The third-order valence-electron chi connectivity index (χ3n) is 2.79. The molecule has 1 nitrogen and oxygen atoms in total. The Morgan fingerprint density at radius 2 is 2.00 bits per heavy atom. The quantitative estimate of drug-likeness (QED) is 0.565. The van der Waals surface area contributed by atoms with E-state index in [0.29, 0.717) is 5.41 Å². The molecule has 0 bridgehead atoms. The van der Waals surface area contributed by atoms with E-state index in [0.717, 1.165) is 12.4 Å². The second-order valence-electron chi connectivity index (χ2n) is 3.83. The van der Waals surface area contributed by atoms with Crippen molar-refractivity contribution in [3.05, 3.63) is 36.2 Å². The molecule has 1 aromatic rings. The molecule has 1 fully saturated rings. The van der Waals surface area contributed by atoms with Gasteiger partial charge in [-0.2, -0.15) is 0 Å². The van der Waals surface area contributed by atoms with Crippen molar-refractivity contribution in [3.8, 4) is 5.75 Å². The van der Waals surface area contributed by atoms with Crippen LogP contribution >= 0.6 is 0 Å². The normalized spacial score (nSPS) is 23.0. The van der Waals surface area contributed by atoms with Gasteiger partial charge in [-0.25, -0.2) is 0 Å². The molecule has 1 heteroatoms. The molecule has 2 aliphatic rings. The van der Waals surface area contributed by atoms with Crippen LogP contribution in [0, 0.1) is 11.8 Å². The summed E-state index contributed by atoms with van der Waals surface area (Å²) in [6.07, 6.45) is 4.99. The third-order valence-corrected chi connectivity index (χ3v) is 2.79. The van der Waals surface area contributed by atoms with Crippen LogP contribution in [0.5, 0.6) is 5.75 Å². The number of fused-ring (bicyclic) bond motifs is 1. The van der Waals surface area contributed by atoms with E-state index < -0.39 is 0 Å². The summed E-state index contributed by atoms with van der Waals surface area (Å²) < 4.78 is 5.67. The zero-order chi connectivity index (χ0) is 8.02. The minimum atomic E-state index is 0.425. The molecule has 3 rings (SSSR count). The minimum absolute atomic E-state index is 0.425. The number of hydrogen-bond donors (Lipinski definition) is 0. The minimum Gasteiger partial charge on any atom is -0.493 e. The van der Waals surface area contributed by atoms with E-state index in [2.05, 4.69) is 18.6 Å². The van der Waals surface area contributed by atoms with Gasteiger partial charge in [0.1, 0.15) is 5.75 Å². The second kappa shape index (κ2) is 2.03. The molecule has 0 unspecified atom stereocenters. The van der Waals surface area contributed by atoms with Crippen molar-refractivity contribution in [1.29, 1.82) is 0 Å². The van der Waals surface area contributed by atoms with E-state index in [1.807, 2.05) is 12.1 Å². The van der Waals surface area contributed by atoms with E-state index in [1.54, 1.807) is 0 Å². The Hall–Kier alpha value is -0.980. The number of rotatable bonds is 0. The summed E-state index contributed by atoms with van der Waals surface area (Å²) in [4.78, 5) is 0. The fraction of sp³-hybridized carbons (Fsp3) is 0.364. The van der Waals surface area contributed by atoms with Crippen LogP contribution in [0.2, 0.25) is 0 Å². The Labute approximate surface area is 72.4 Å². The van der Waals surface area contributed by atoms with Gasteiger partial charge in [-0.3, -0.25) is 0 Å². The average Bonchev–Trinajstić information content (AvgIpc) is 2.85. The van der Waals surface area contributed by atoms with Gasteiger partial charge in [0.05, 0.1) is 6.61 Å². The lowest BCUT2D eigenvalue weighted by atomic mass is 9.94.